The van der Waals surface area contributed by atoms with Gasteiger partial charge >= 0.3 is 6.18 Å². The molecule has 118 valence electrons. The Bertz CT molecular complexity index is 610. The summed E-state index contributed by atoms with van der Waals surface area (Å²) in [5.41, 5.74) is 5.53. The van der Waals surface area contributed by atoms with Crippen LogP contribution in [0.2, 0.25) is 0 Å². The Morgan fingerprint density at radius 3 is 2.18 bits per heavy atom. The predicted molar refractivity (Wildman–Crippen MR) is 75.1 cm³/mol. The number of benzene rings is 2. The summed E-state index contributed by atoms with van der Waals surface area (Å²) in [6.45, 7) is 0.266. The molecule has 0 amide bonds. The SMILES string of the molecule is NCC(COc1ccccc1F)c1ccc(C(F)(F)F)cc1. The van der Waals surface area contributed by atoms with Crippen molar-refractivity contribution in [2.24, 2.45) is 5.73 Å². The van der Waals surface area contributed by atoms with Gasteiger partial charge in [-0.1, -0.05) is 24.3 Å². The molecule has 0 saturated heterocycles. The molecular formula is C16H15F4NO. The highest BCUT2D eigenvalue weighted by Crippen LogP contribution is 2.30. The Labute approximate surface area is 125 Å². The van der Waals surface area contributed by atoms with E-state index in [4.69, 9.17) is 10.5 Å². The summed E-state index contributed by atoms with van der Waals surface area (Å²) in [6.07, 6.45) is -4.37. The van der Waals surface area contributed by atoms with E-state index in [-0.39, 0.29) is 24.8 Å². The number of para-hydroxylation sites is 1. The van der Waals surface area contributed by atoms with Gasteiger partial charge in [0.05, 0.1) is 12.2 Å². The molecule has 0 heterocycles. The minimum Gasteiger partial charge on any atom is -0.490 e. The van der Waals surface area contributed by atoms with E-state index in [1.54, 1.807) is 12.1 Å². The first-order chi connectivity index (χ1) is 10.4. The minimum atomic E-state index is -4.37. The number of hydrogen-bond donors (Lipinski definition) is 1. The van der Waals surface area contributed by atoms with Crippen LogP contribution in [0.15, 0.2) is 48.5 Å². The Balaban J connectivity index is 2.07. The van der Waals surface area contributed by atoms with Gasteiger partial charge in [-0.15, -0.1) is 0 Å². The van der Waals surface area contributed by atoms with E-state index < -0.39 is 17.6 Å². The molecule has 22 heavy (non-hydrogen) atoms. The zero-order valence-electron chi connectivity index (χ0n) is 11.6. The van der Waals surface area contributed by atoms with Crippen LogP contribution >= 0.6 is 0 Å². The van der Waals surface area contributed by atoms with Crippen molar-refractivity contribution in [2.75, 3.05) is 13.2 Å². The van der Waals surface area contributed by atoms with Crippen LogP contribution in [0.5, 0.6) is 5.75 Å². The first kappa shape index (κ1) is 16.3. The van der Waals surface area contributed by atoms with Crippen molar-refractivity contribution in [1.82, 2.24) is 0 Å². The first-order valence-electron chi connectivity index (χ1n) is 6.66. The molecule has 0 spiro atoms. The summed E-state index contributed by atoms with van der Waals surface area (Å²) in [5.74, 6) is -0.722. The van der Waals surface area contributed by atoms with E-state index in [2.05, 4.69) is 0 Å². The van der Waals surface area contributed by atoms with Crippen molar-refractivity contribution in [1.29, 1.82) is 0 Å². The molecule has 2 nitrogen and oxygen atoms in total. The van der Waals surface area contributed by atoms with Crippen molar-refractivity contribution in [2.45, 2.75) is 12.1 Å². The molecule has 0 fully saturated rings. The quantitative estimate of drug-likeness (QED) is 0.848. The standard InChI is InChI=1S/C16H15F4NO/c17-14-3-1-2-4-15(14)22-10-12(9-21)11-5-7-13(8-6-11)16(18,19)20/h1-8,12H,9-10,21H2. The van der Waals surface area contributed by atoms with E-state index in [0.717, 1.165) is 12.1 Å². The number of hydrogen-bond acceptors (Lipinski definition) is 2. The molecule has 0 aliphatic rings. The van der Waals surface area contributed by atoms with Gasteiger partial charge in [0.25, 0.3) is 0 Å². The lowest BCUT2D eigenvalue weighted by Crippen LogP contribution is -2.20. The monoisotopic (exact) mass is 313 g/mol. The second-order valence-corrected chi connectivity index (χ2v) is 4.79. The van der Waals surface area contributed by atoms with Crippen molar-refractivity contribution >= 4 is 0 Å². The lowest BCUT2D eigenvalue weighted by Gasteiger charge is -2.17. The molecule has 0 saturated carbocycles. The normalized spacial score (nSPS) is 13.0. The van der Waals surface area contributed by atoms with Crippen molar-refractivity contribution in [3.63, 3.8) is 0 Å². The van der Waals surface area contributed by atoms with Crippen LogP contribution in [0.3, 0.4) is 0 Å². The van der Waals surface area contributed by atoms with Gasteiger partial charge in [0.2, 0.25) is 0 Å². The van der Waals surface area contributed by atoms with Gasteiger partial charge in [-0.3, -0.25) is 0 Å². The molecule has 0 aliphatic carbocycles. The fourth-order valence-electron chi connectivity index (χ4n) is 2.00. The van der Waals surface area contributed by atoms with Crippen LogP contribution in [0.4, 0.5) is 17.6 Å². The summed E-state index contributed by atoms with van der Waals surface area (Å²) in [6, 6.07) is 10.7. The molecule has 0 aromatic heterocycles. The maximum absolute atomic E-state index is 13.4. The van der Waals surface area contributed by atoms with Crippen molar-refractivity contribution in [3.8, 4) is 5.75 Å². The maximum Gasteiger partial charge on any atom is 0.416 e. The third-order valence-corrected chi connectivity index (χ3v) is 3.27. The molecule has 0 aliphatic heterocycles. The van der Waals surface area contributed by atoms with Crippen LogP contribution in [0.1, 0.15) is 17.0 Å². The van der Waals surface area contributed by atoms with E-state index in [1.165, 1.54) is 24.3 Å². The largest absolute Gasteiger partial charge is 0.490 e. The fraction of sp³-hybridized carbons (Fsp3) is 0.250. The first-order valence-corrected chi connectivity index (χ1v) is 6.66. The van der Waals surface area contributed by atoms with E-state index in [9.17, 15) is 17.6 Å². The van der Waals surface area contributed by atoms with Gasteiger partial charge < -0.3 is 10.5 Å². The van der Waals surface area contributed by atoms with Gasteiger partial charge in [0, 0.05) is 12.5 Å². The van der Waals surface area contributed by atoms with Gasteiger partial charge in [0.15, 0.2) is 11.6 Å². The summed E-state index contributed by atoms with van der Waals surface area (Å²) in [4.78, 5) is 0. The van der Waals surface area contributed by atoms with Crippen LogP contribution < -0.4 is 10.5 Å². The Morgan fingerprint density at radius 1 is 1.00 bits per heavy atom. The molecule has 2 N–H and O–H groups in total. The summed E-state index contributed by atoms with van der Waals surface area (Å²) in [7, 11) is 0. The summed E-state index contributed by atoms with van der Waals surface area (Å²) < 4.78 is 56.4. The molecule has 1 unspecified atom stereocenters. The predicted octanol–water partition coefficient (Wildman–Crippen LogP) is 3.97. The Morgan fingerprint density at radius 2 is 1.64 bits per heavy atom. The topological polar surface area (TPSA) is 35.2 Å². The highest BCUT2D eigenvalue weighted by atomic mass is 19.4. The molecule has 0 radical (unpaired) electrons. The summed E-state index contributed by atoms with van der Waals surface area (Å²) >= 11 is 0. The average Bonchev–Trinajstić information content (AvgIpc) is 2.49. The zero-order valence-corrected chi connectivity index (χ0v) is 11.6. The van der Waals surface area contributed by atoms with Crippen molar-refractivity contribution in [3.05, 3.63) is 65.5 Å². The number of halogens is 4. The second kappa shape index (κ2) is 6.79. The zero-order chi connectivity index (χ0) is 16.2. The molecule has 1 atom stereocenters. The van der Waals surface area contributed by atoms with Gasteiger partial charge in [-0.05, 0) is 29.8 Å². The number of nitrogens with two attached hydrogens (primary N) is 1. The van der Waals surface area contributed by atoms with E-state index in [0.29, 0.717) is 5.56 Å². The smallest absolute Gasteiger partial charge is 0.416 e. The van der Waals surface area contributed by atoms with Gasteiger partial charge in [-0.25, -0.2) is 4.39 Å². The third kappa shape index (κ3) is 3.98. The Kier molecular flexibility index (Phi) is 5.03. The molecule has 2 aromatic rings. The molecule has 2 rings (SSSR count). The van der Waals surface area contributed by atoms with E-state index in [1.807, 2.05) is 0 Å². The Hall–Kier alpha value is -2.08. The highest BCUT2D eigenvalue weighted by Gasteiger charge is 2.30. The highest BCUT2D eigenvalue weighted by molar-refractivity contribution is 5.28. The maximum atomic E-state index is 13.4. The van der Waals surface area contributed by atoms with Crippen LogP contribution in [-0.2, 0) is 6.18 Å². The molecule has 6 heteroatoms. The molecular weight excluding hydrogens is 298 g/mol. The number of rotatable bonds is 5. The van der Waals surface area contributed by atoms with Crippen LogP contribution in [0.25, 0.3) is 0 Å². The molecule has 2 aromatic carbocycles. The minimum absolute atomic E-state index is 0.0861. The molecule has 0 bridgehead atoms. The number of alkyl halides is 3. The lowest BCUT2D eigenvalue weighted by molar-refractivity contribution is -0.137. The van der Waals surface area contributed by atoms with Gasteiger partial charge in [-0.2, -0.15) is 13.2 Å². The van der Waals surface area contributed by atoms with Crippen LogP contribution in [0, 0.1) is 5.82 Å². The second-order valence-electron chi connectivity index (χ2n) is 4.79. The fourth-order valence-corrected chi connectivity index (χ4v) is 2.00. The number of ether oxygens (including phenoxy) is 1. The van der Waals surface area contributed by atoms with Crippen LogP contribution in [-0.4, -0.2) is 13.2 Å². The van der Waals surface area contributed by atoms with Gasteiger partial charge in [0.1, 0.15) is 0 Å². The van der Waals surface area contributed by atoms with Crippen molar-refractivity contribution < 1.29 is 22.3 Å². The lowest BCUT2D eigenvalue weighted by atomic mass is 9.99. The van der Waals surface area contributed by atoms with E-state index >= 15 is 0 Å². The summed E-state index contributed by atoms with van der Waals surface area (Å²) in [5, 5.41) is 0. The third-order valence-electron chi connectivity index (χ3n) is 3.27. The average molecular weight is 313 g/mol.